The molecule has 2 rings (SSSR count). The van der Waals surface area contributed by atoms with Crippen molar-refractivity contribution < 1.29 is 9.53 Å². The first kappa shape index (κ1) is 12.6. The minimum absolute atomic E-state index is 0.110. The normalized spacial score (nSPS) is 18.8. The summed E-state index contributed by atoms with van der Waals surface area (Å²) in [6.45, 7) is 3.01. The number of ether oxygens (including phenoxy) is 1. The van der Waals surface area contributed by atoms with Gasteiger partial charge in [-0.1, -0.05) is 0 Å². The molecule has 1 aromatic rings. The van der Waals surface area contributed by atoms with Gasteiger partial charge in [-0.2, -0.15) is 0 Å². The van der Waals surface area contributed by atoms with Crippen molar-refractivity contribution in [3.05, 3.63) is 21.9 Å². The zero-order chi connectivity index (χ0) is 12.1. The monoisotopic (exact) mass is 253 g/mol. The molecular formula is C13H19NO2S. The Hall–Kier alpha value is -0.870. The number of aryl methyl sites for hydroxylation is 1. The van der Waals surface area contributed by atoms with E-state index in [1.165, 1.54) is 29.7 Å². The van der Waals surface area contributed by atoms with E-state index in [0.29, 0.717) is 25.6 Å². The van der Waals surface area contributed by atoms with E-state index in [1.54, 1.807) is 0 Å². The number of hydrogen-bond donors (Lipinski definition) is 1. The van der Waals surface area contributed by atoms with E-state index in [4.69, 9.17) is 4.74 Å². The third-order valence-corrected chi connectivity index (χ3v) is 4.07. The highest BCUT2D eigenvalue weighted by Crippen LogP contribution is 2.33. The van der Waals surface area contributed by atoms with Gasteiger partial charge in [0.05, 0.1) is 13.0 Å². The minimum atomic E-state index is -0.110. The van der Waals surface area contributed by atoms with Gasteiger partial charge in [0.1, 0.15) is 0 Å². The van der Waals surface area contributed by atoms with Gasteiger partial charge in [-0.25, -0.2) is 0 Å². The Morgan fingerprint density at radius 1 is 1.65 bits per heavy atom. The Morgan fingerprint density at radius 3 is 3.35 bits per heavy atom. The molecule has 0 aliphatic heterocycles. The molecule has 1 aliphatic rings. The predicted molar refractivity (Wildman–Crippen MR) is 69.3 cm³/mol. The van der Waals surface area contributed by atoms with E-state index >= 15 is 0 Å². The predicted octanol–water partition coefficient (Wildman–Crippen LogP) is 2.67. The van der Waals surface area contributed by atoms with Crippen LogP contribution >= 0.6 is 11.3 Å². The lowest BCUT2D eigenvalue weighted by Crippen LogP contribution is -2.26. The molecule has 0 bridgehead atoms. The lowest BCUT2D eigenvalue weighted by molar-refractivity contribution is -0.143. The molecule has 1 N–H and O–H groups in total. The van der Waals surface area contributed by atoms with Crippen LogP contribution in [0.25, 0.3) is 0 Å². The van der Waals surface area contributed by atoms with Gasteiger partial charge in [-0.05, 0) is 43.2 Å². The Labute approximate surface area is 106 Å². The van der Waals surface area contributed by atoms with Crippen molar-refractivity contribution >= 4 is 17.3 Å². The van der Waals surface area contributed by atoms with E-state index in [-0.39, 0.29) is 5.97 Å². The van der Waals surface area contributed by atoms with Gasteiger partial charge in [-0.15, -0.1) is 11.3 Å². The third-order valence-electron chi connectivity index (χ3n) is 3.08. The number of nitrogens with one attached hydrogen (secondary N) is 1. The molecule has 17 heavy (non-hydrogen) atoms. The van der Waals surface area contributed by atoms with Crippen LogP contribution in [0, 0.1) is 0 Å². The van der Waals surface area contributed by atoms with Crippen molar-refractivity contribution in [3.63, 3.8) is 0 Å². The van der Waals surface area contributed by atoms with E-state index < -0.39 is 0 Å². The number of carbonyl (C=O) groups excluding carboxylic acids is 1. The van der Waals surface area contributed by atoms with Crippen LogP contribution in [0.2, 0.25) is 0 Å². The quantitative estimate of drug-likeness (QED) is 0.820. The summed E-state index contributed by atoms with van der Waals surface area (Å²) in [6.07, 6.45) is 4.09. The van der Waals surface area contributed by atoms with Crippen LogP contribution in [0.3, 0.4) is 0 Å². The molecule has 0 saturated carbocycles. The summed E-state index contributed by atoms with van der Waals surface area (Å²) in [5, 5.41) is 5.62. The molecule has 1 heterocycles. The maximum Gasteiger partial charge on any atom is 0.307 e. The standard InChI is InChI=1S/C13H19NO2S/c1-2-16-13(15)6-8-14-11-4-3-5-12-10(11)7-9-17-12/h7,9,11,14H,2-6,8H2,1H3. The molecule has 3 nitrogen and oxygen atoms in total. The molecule has 1 aromatic heterocycles. The molecule has 0 radical (unpaired) electrons. The van der Waals surface area contributed by atoms with E-state index in [2.05, 4.69) is 16.8 Å². The Morgan fingerprint density at radius 2 is 2.53 bits per heavy atom. The van der Waals surface area contributed by atoms with E-state index in [0.717, 1.165) is 0 Å². The van der Waals surface area contributed by atoms with Crippen LogP contribution in [0.15, 0.2) is 11.4 Å². The van der Waals surface area contributed by atoms with Crippen LogP contribution in [0.5, 0.6) is 0 Å². The average Bonchev–Trinajstić information content (AvgIpc) is 2.78. The Balaban J connectivity index is 1.79. The SMILES string of the molecule is CCOC(=O)CCNC1CCCc2sccc21. The van der Waals surface area contributed by atoms with Gasteiger partial charge in [0.15, 0.2) is 0 Å². The van der Waals surface area contributed by atoms with Gasteiger partial charge in [0, 0.05) is 17.5 Å². The van der Waals surface area contributed by atoms with Gasteiger partial charge in [-0.3, -0.25) is 4.79 Å². The number of hydrogen-bond acceptors (Lipinski definition) is 4. The van der Waals surface area contributed by atoms with E-state index in [9.17, 15) is 4.79 Å². The highest BCUT2D eigenvalue weighted by molar-refractivity contribution is 7.10. The molecule has 0 fully saturated rings. The fraction of sp³-hybridized carbons (Fsp3) is 0.615. The lowest BCUT2D eigenvalue weighted by Gasteiger charge is -2.23. The number of fused-ring (bicyclic) bond motifs is 1. The van der Waals surface area contributed by atoms with Crippen molar-refractivity contribution in [3.8, 4) is 0 Å². The summed E-state index contributed by atoms with van der Waals surface area (Å²) in [7, 11) is 0. The minimum Gasteiger partial charge on any atom is -0.466 e. The molecule has 4 heteroatoms. The largest absolute Gasteiger partial charge is 0.466 e. The van der Waals surface area contributed by atoms with Gasteiger partial charge >= 0.3 is 5.97 Å². The second kappa shape index (κ2) is 6.17. The Bertz CT molecular complexity index is 375. The van der Waals surface area contributed by atoms with Crippen molar-refractivity contribution in [2.75, 3.05) is 13.2 Å². The van der Waals surface area contributed by atoms with E-state index in [1.807, 2.05) is 18.3 Å². The number of carbonyl (C=O) groups is 1. The highest BCUT2D eigenvalue weighted by atomic mass is 32.1. The van der Waals surface area contributed by atoms with Crippen molar-refractivity contribution in [2.24, 2.45) is 0 Å². The summed E-state index contributed by atoms with van der Waals surface area (Å²) < 4.78 is 4.91. The van der Waals surface area contributed by atoms with Gasteiger partial charge in [0.2, 0.25) is 0 Å². The number of rotatable bonds is 5. The second-order valence-electron chi connectivity index (χ2n) is 4.25. The third kappa shape index (κ3) is 3.30. The Kier molecular flexibility index (Phi) is 4.57. The maximum absolute atomic E-state index is 11.2. The van der Waals surface area contributed by atoms with Crippen molar-refractivity contribution in [1.82, 2.24) is 5.32 Å². The summed E-state index contributed by atoms with van der Waals surface area (Å²) >= 11 is 1.85. The molecule has 0 amide bonds. The first-order valence-electron chi connectivity index (χ1n) is 6.26. The topological polar surface area (TPSA) is 38.3 Å². The summed E-state index contributed by atoms with van der Waals surface area (Å²) in [5.41, 5.74) is 1.44. The zero-order valence-electron chi connectivity index (χ0n) is 10.2. The molecule has 0 saturated heterocycles. The smallest absolute Gasteiger partial charge is 0.307 e. The zero-order valence-corrected chi connectivity index (χ0v) is 11.0. The van der Waals surface area contributed by atoms with Crippen LogP contribution in [-0.2, 0) is 16.0 Å². The molecule has 1 aliphatic carbocycles. The van der Waals surface area contributed by atoms with Crippen LogP contribution in [0.4, 0.5) is 0 Å². The molecule has 1 atom stereocenters. The summed E-state index contributed by atoms with van der Waals surface area (Å²) in [5.74, 6) is -0.110. The summed E-state index contributed by atoms with van der Waals surface area (Å²) in [4.78, 5) is 12.7. The second-order valence-corrected chi connectivity index (χ2v) is 5.25. The fourth-order valence-corrected chi connectivity index (χ4v) is 3.27. The number of esters is 1. The van der Waals surface area contributed by atoms with Crippen molar-refractivity contribution in [1.29, 1.82) is 0 Å². The first-order chi connectivity index (χ1) is 8.31. The van der Waals surface area contributed by atoms with Gasteiger partial charge < -0.3 is 10.1 Å². The molecule has 0 aromatic carbocycles. The highest BCUT2D eigenvalue weighted by Gasteiger charge is 2.20. The number of thiophene rings is 1. The summed E-state index contributed by atoms with van der Waals surface area (Å²) in [6, 6.07) is 2.64. The molecule has 1 unspecified atom stereocenters. The van der Waals surface area contributed by atoms with Crippen LogP contribution < -0.4 is 5.32 Å². The fourth-order valence-electron chi connectivity index (χ4n) is 2.28. The van der Waals surface area contributed by atoms with Crippen LogP contribution in [-0.4, -0.2) is 19.1 Å². The molecular weight excluding hydrogens is 234 g/mol. The van der Waals surface area contributed by atoms with Crippen molar-refractivity contribution in [2.45, 2.75) is 38.6 Å². The van der Waals surface area contributed by atoms with Gasteiger partial charge in [0.25, 0.3) is 0 Å². The average molecular weight is 253 g/mol. The maximum atomic E-state index is 11.2. The lowest BCUT2D eigenvalue weighted by atomic mass is 9.94. The first-order valence-corrected chi connectivity index (χ1v) is 7.14. The van der Waals surface area contributed by atoms with Crippen LogP contribution in [0.1, 0.15) is 42.7 Å². The molecule has 94 valence electrons. The molecule has 0 spiro atoms.